The van der Waals surface area contributed by atoms with E-state index in [2.05, 4.69) is 32.6 Å². The van der Waals surface area contributed by atoms with Crippen molar-refractivity contribution in [1.82, 2.24) is 14.4 Å². The Hall–Kier alpha value is -2.98. The second-order valence-corrected chi connectivity index (χ2v) is 6.64. The van der Waals surface area contributed by atoms with Gasteiger partial charge in [0.25, 0.3) is 0 Å². The van der Waals surface area contributed by atoms with Gasteiger partial charge >= 0.3 is 0 Å². The van der Waals surface area contributed by atoms with E-state index in [0.29, 0.717) is 5.69 Å². The fourth-order valence-corrected chi connectivity index (χ4v) is 2.91. The Morgan fingerprint density at radius 1 is 0.840 bits per heavy atom. The van der Waals surface area contributed by atoms with E-state index in [-0.39, 0.29) is 0 Å². The third kappa shape index (κ3) is 2.92. The van der Waals surface area contributed by atoms with Gasteiger partial charge in [-0.05, 0) is 37.6 Å². The molecule has 0 fully saturated rings. The summed E-state index contributed by atoms with van der Waals surface area (Å²) in [6, 6.07) is 18.2. The summed E-state index contributed by atoms with van der Waals surface area (Å²) < 4.78 is 2.08. The molecule has 0 spiro atoms. The van der Waals surface area contributed by atoms with E-state index in [1.807, 2.05) is 48.8 Å². The summed E-state index contributed by atoms with van der Waals surface area (Å²) in [6.45, 7) is 3.47. The molecule has 0 bridgehead atoms. The molecule has 3 aromatic heterocycles. The molecule has 0 radical (unpaired) electrons. The third-order valence-corrected chi connectivity index (χ3v) is 4.31. The first-order valence-corrected chi connectivity index (χ1v) is 8.24. The number of rotatable bonds is 3. The van der Waals surface area contributed by atoms with Crippen molar-refractivity contribution >= 4 is 5.65 Å². The zero-order chi connectivity index (χ0) is 17.4. The average molecular weight is 329 g/mol. The van der Waals surface area contributed by atoms with Gasteiger partial charge < -0.3 is 5.11 Å². The van der Waals surface area contributed by atoms with Crippen molar-refractivity contribution in [3.63, 3.8) is 0 Å². The van der Waals surface area contributed by atoms with Crippen LogP contribution >= 0.6 is 0 Å². The molecular formula is C21H19N3O. The predicted molar refractivity (Wildman–Crippen MR) is 99.1 cm³/mol. The number of hydrogen-bond donors (Lipinski definition) is 1. The Balaban J connectivity index is 1.73. The first kappa shape index (κ1) is 15.5. The monoisotopic (exact) mass is 329 g/mol. The summed E-state index contributed by atoms with van der Waals surface area (Å²) in [7, 11) is 0. The van der Waals surface area contributed by atoms with Crippen molar-refractivity contribution in [2.24, 2.45) is 0 Å². The van der Waals surface area contributed by atoms with Crippen molar-refractivity contribution in [1.29, 1.82) is 0 Å². The molecule has 0 aliphatic carbocycles. The number of fused-ring (bicyclic) bond motifs is 1. The highest BCUT2D eigenvalue weighted by atomic mass is 16.3. The molecule has 0 unspecified atom stereocenters. The Kier molecular flexibility index (Phi) is 3.62. The van der Waals surface area contributed by atoms with Crippen LogP contribution in [-0.2, 0) is 5.60 Å². The Labute approximate surface area is 146 Å². The molecule has 0 saturated carbocycles. The van der Waals surface area contributed by atoms with Crippen LogP contribution in [0, 0.1) is 0 Å². The predicted octanol–water partition coefficient (Wildman–Crippen LogP) is 4.29. The summed E-state index contributed by atoms with van der Waals surface area (Å²) in [5, 5.41) is 10.0. The first-order chi connectivity index (χ1) is 12.0. The maximum atomic E-state index is 10.0. The van der Waals surface area contributed by atoms with Gasteiger partial charge in [0.1, 0.15) is 11.2 Å². The van der Waals surface area contributed by atoms with Crippen molar-refractivity contribution in [3.05, 3.63) is 78.9 Å². The van der Waals surface area contributed by atoms with E-state index in [1.54, 1.807) is 20.0 Å². The molecule has 0 saturated heterocycles. The van der Waals surface area contributed by atoms with Crippen LogP contribution in [0.15, 0.2) is 73.2 Å². The normalized spacial score (nSPS) is 11.8. The molecule has 1 aromatic carbocycles. The van der Waals surface area contributed by atoms with Gasteiger partial charge in [-0.3, -0.25) is 9.38 Å². The van der Waals surface area contributed by atoms with Crippen LogP contribution in [0.2, 0.25) is 0 Å². The lowest BCUT2D eigenvalue weighted by atomic mass is 10.0. The average Bonchev–Trinajstić information content (AvgIpc) is 3.05. The number of aliphatic hydroxyl groups is 1. The molecule has 4 aromatic rings. The summed E-state index contributed by atoms with van der Waals surface area (Å²) in [5.41, 5.74) is 4.87. The molecule has 124 valence electrons. The highest BCUT2D eigenvalue weighted by molar-refractivity contribution is 5.70. The van der Waals surface area contributed by atoms with Crippen LogP contribution in [-0.4, -0.2) is 19.5 Å². The Morgan fingerprint density at radius 3 is 2.32 bits per heavy atom. The van der Waals surface area contributed by atoms with Crippen LogP contribution in [0.25, 0.3) is 28.0 Å². The number of nitrogens with zero attached hydrogens (tertiary/aromatic N) is 3. The van der Waals surface area contributed by atoms with Gasteiger partial charge in [-0.25, -0.2) is 4.98 Å². The minimum Gasteiger partial charge on any atom is -0.384 e. The summed E-state index contributed by atoms with van der Waals surface area (Å²) in [4.78, 5) is 8.92. The topological polar surface area (TPSA) is 50.4 Å². The maximum Gasteiger partial charge on any atom is 0.137 e. The largest absolute Gasteiger partial charge is 0.384 e. The summed E-state index contributed by atoms with van der Waals surface area (Å²) in [6.07, 6.45) is 5.72. The minimum absolute atomic E-state index is 0.657. The van der Waals surface area contributed by atoms with E-state index >= 15 is 0 Å². The molecule has 0 aliphatic rings. The van der Waals surface area contributed by atoms with Gasteiger partial charge in [0.05, 0.1) is 17.6 Å². The van der Waals surface area contributed by atoms with Crippen LogP contribution in [0.1, 0.15) is 19.5 Å². The highest BCUT2D eigenvalue weighted by Gasteiger charge is 2.17. The van der Waals surface area contributed by atoms with Gasteiger partial charge in [0.2, 0.25) is 0 Å². The smallest absolute Gasteiger partial charge is 0.137 e. The Morgan fingerprint density at radius 2 is 1.64 bits per heavy atom. The van der Waals surface area contributed by atoms with E-state index < -0.39 is 5.60 Å². The van der Waals surface area contributed by atoms with Gasteiger partial charge in [-0.2, -0.15) is 0 Å². The quantitative estimate of drug-likeness (QED) is 0.610. The van der Waals surface area contributed by atoms with Gasteiger partial charge in [0.15, 0.2) is 0 Å². The van der Waals surface area contributed by atoms with Crippen molar-refractivity contribution in [3.8, 4) is 22.4 Å². The summed E-state index contributed by atoms with van der Waals surface area (Å²) >= 11 is 0. The number of pyridine rings is 2. The van der Waals surface area contributed by atoms with Crippen molar-refractivity contribution in [2.75, 3.05) is 0 Å². The van der Waals surface area contributed by atoms with E-state index in [4.69, 9.17) is 0 Å². The fraction of sp³-hybridized carbons (Fsp3) is 0.143. The molecule has 4 heteroatoms. The molecule has 4 nitrogen and oxygen atoms in total. The lowest BCUT2D eigenvalue weighted by Gasteiger charge is -2.16. The molecule has 4 rings (SSSR count). The number of benzene rings is 1. The second-order valence-electron chi connectivity index (χ2n) is 6.64. The number of hydrogen-bond acceptors (Lipinski definition) is 3. The van der Waals surface area contributed by atoms with Gasteiger partial charge in [-0.15, -0.1) is 0 Å². The third-order valence-electron chi connectivity index (χ3n) is 4.31. The molecule has 3 heterocycles. The summed E-state index contributed by atoms with van der Waals surface area (Å²) in [5.74, 6) is 0. The van der Waals surface area contributed by atoms with Crippen LogP contribution in [0.4, 0.5) is 0 Å². The van der Waals surface area contributed by atoms with Crippen LogP contribution < -0.4 is 0 Å². The molecule has 0 amide bonds. The fourth-order valence-electron chi connectivity index (χ4n) is 2.91. The van der Waals surface area contributed by atoms with E-state index in [9.17, 15) is 5.11 Å². The SMILES string of the molecule is CC(C)(O)c1ccc(-c2ccn3c(-c4ccccc4)cnc3c2)cn1. The van der Waals surface area contributed by atoms with E-state index in [1.165, 1.54) is 0 Å². The molecule has 0 aliphatic heterocycles. The minimum atomic E-state index is -0.934. The molecular weight excluding hydrogens is 310 g/mol. The van der Waals surface area contributed by atoms with Crippen LogP contribution in [0.5, 0.6) is 0 Å². The highest BCUT2D eigenvalue weighted by Crippen LogP contribution is 2.26. The molecule has 25 heavy (non-hydrogen) atoms. The van der Waals surface area contributed by atoms with Gasteiger partial charge in [0, 0.05) is 23.5 Å². The number of imidazole rings is 1. The zero-order valence-corrected chi connectivity index (χ0v) is 14.2. The zero-order valence-electron chi connectivity index (χ0n) is 14.2. The van der Waals surface area contributed by atoms with E-state index in [0.717, 1.165) is 28.0 Å². The number of aromatic nitrogens is 3. The standard InChI is InChI=1S/C21H19N3O/c1-21(2,25)19-9-8-17(13-22-19)16-10-11-24-18(14-23-20(24)12-16)15-6-4-3-5-7-15/h3-14,25H,1-2H3. The van der Waals surface area contributed by atoms with Crippen molar-refractivity contribution in [2.45, 2.75) is 19.4 Å². The second kappa shape index (κ2) is 5.83. The van der Waals surface area contributed by atoms with Crippen LogP contribution in [0.3, 0.4) is 0 Å². The van der Waals surface area contributed by atoms with Gasteiger partial charge in [-0.1, -0.05) is 36.4 Å². The maximum absolute atomic E-state index is 10.0. The molecule has 0 atom stereocenters. The Bertz CT molecular complexity index is 1010. The lowest BCUT2D eigenvalue weighted by Crippen LogP contribution is -2.17. The molecule has 1 N–H and O–H groups in total. The first-order valence-electron chi connectivity index (χ1n) is 8.24. The van der Waals surface area contributed by atoms with Crippen molar-refractivity contribution < 1.29 is 5.11 Å². The lowest BCUT2D eigenvalue weighted by molar-refractivity contribution is 0.0739.